The first-order valence-corrected chi connectivity index (χ1v) is 12.6. The number of aromatic hydroxyl groups is 1. The summed E-state index contributed by atoms with van der Waals surface area (Å²) >= 11 is 3.92. The van der Waals surface area contributed by atoms with E-state index >= 15 is 0 Å². The summed E-state index contributed by atoms with van der Waals surface area (Å²) in [5, 5.41) is 26.1. The van der Waals surface area contributed by atoms with Crippen LogP contribution in [0.3, 0.4) is 0 Å². The molecule has 0 aliphatic carbocycles. The molecule has 0 saturated heterocycles. The Bertz CT molecular complexity index is 1030. The highest BCUT2D eigenvalue weighted by molar-refractivity contribution is 7.80. The molecule has 1 aromatic carbocycles. The first-order chi connectivity index (χ1) is 18.3. The fraction of sp³-hybridized carbons (Fsp3) is 0.478. The summed E-state index contributed by atoms with van der Waals surface area (Å²) in [5.74, 6) is -4.72. The molecule has 0 aliphatic heterocycles. The maximum Gasteiger partial charge on any atom is 0.327 e. The highest BCUT2D eigenvalue weighted by Crippen LogP contribution is 2.12. The number of hydrogen-bond acceptors (Lipinski definition) is 9. The summed E-state index contributed by atoms with van der Waals surface area (Å²) < 4.78 is 0. The Morgan fingerprint density at radius 2 is 1.44 bits per heavy atom. The van der Waals surface area contributed by atoms with E-state index in [1.54, 1.807) is 0 Å². The summed E-state index contributed by atoms with van der Waals surface area (Å²) in [4.78, 5) is 65.3. The number of hydrogen-bond donors (Lipinski definition) is 10. The zero-order valence-electron chi connectivity index (χ0n) is 21.2. The van der Waals surface area contributed by atoms with Crippen molar-refractivity contribution in [2.24, 2.45) is 27.9 Å². The lowest BCUT2D eigenvalue weighted by Gasteiger charge is -2.25. The van der Waals surface area contributed by atoms with Gasteiger partial charge in [-0.2, -0.15) is 12.6 Å². The third-order valence-corrected chi connectivity index (χ3v) is 5.79. The lowest BCUT2D eigenvalue weighted by molar-refractivity contribution is -0.141. The molecular formula is C23H36N8O7S. The number of phenolic OH excluding ortho intramolecular Hbond substituents is 1. The standard InChI is InChI=1S/C23H36N8O7S/c24-14(2-1-9-28-23(26)27)19(34)29-15(7-8-18(25)33)20(35)30-16(10-12-3-5-13(32)6-4-12)21(36)31-17(11-39)22(37)38/h3-6,14-17,32,39H,1-2,7-11,24H2,(H2,25,33)(H,29,34)(H,30,35)(H,31,36)(H,37,38)(H4,26,27,28). The van der Waals surface area contributed by atoms with Gasteiger partial charge in [-0.15, -0.1) is 0 Å². The largest absolute Gasteiger partial charge is 0.508 e. The van der Waals surface area contributed by atoms with E-state index in [1.807, 2.05) is 0 Å². The van der Waals surface area contributed by atoms with Crippen molar-refractivity contribution in [2.75, 3.05) is 12.3 Å². The normalized spacial score (nSPS) is 13.7. The van der Waals surface area contributed by atoms with Gasteiger partial charge in [0.25, 0.3) is 0 Å². The Balaban J connectivity index is 3.07. The second kappa shape index (κ2) is 16.7. The predicted octanol–water partition coefficient (Wildman–Crippen LogP) is -2.95. The number of phenols is 1. The molecule has 0 saturated carbocycles. The van der Waals surface area contributed by atoms with Crippen LogP contribution in [0.4, 0.5) is 0 Å². The van der Waals surface area contributed by atoms with Crippen LogP contribution in [0.25, 0.3) is 0 Å². The average molecular weight is 569 g/mol. The molecule has 0 aromatic heterocycles. The molecule has 216 valence electrons. The third-order valence-electron chi connectivity index (χ3n) is 5.42. The van der Waals surface area contributed by atoms with Crippen LogP contribution < -0.4 is 38.9 Å². The van der Waals surface area contributed by atoms with Crippen LogP contribution in [-0.2, 0) is 30.4 Å². The van der Waals surface area contributed by atoms with Crippen molar-refractivity contribution in [3.05, 3.63) is 29.8 Å². The minimum Gasteiger partial charge on any atom is -0.508 e. The molecule has 0 aliphatic rings. The molecule has 15 nitrogen and oxygen atoms in total. The van der Waals surface area contributed by atoms with Crippen LogP contribution >= 0.6 is 12.6 Å². The van der Waals surface area contributed by atoms with E-state index in [0.29, 0.717) is 12.0 Å². The Morgan fingerprint density at radius 1 is 0.872 bits per heavy atom. The van der Waals surface area contributed by atoms with Crippen molar-refractivity contribution in [1.82, 2.24) is 16.0 Å². The number of aliphatic imine (C=N–C) groups is 1. The average Bonchev–Trinajstić information content (AvgIpc) is 2.87. The smallest absolute Gasteiger partial charge is 0.327 e. The second-order valence-electron chi connectivity index (χ2n) is 8.64. The predicted molar refractivity (Wildman–Crippen MR) is 145 cm³/mol. The number of carbonyl (C=O) groups excluding carboxylic acids is 4. The quantitative estimate of drug-likeness (QED) is 0.0394. The fourth-order valence-corrected chi connectivity index (χ4v) is 3.54. The van der Waals surface area contributed by atoms with Crippen LogP contribution in [-0.4, -0.2) is 82.2 Å². The van der Waals surface area contributed by atoms with Gasteiger partial charge in [-0.25, -0.2) is 4.79 Å². The molecule has 4 unspecified atom stereocenters. The van der Waals surface area contributed by atoms with Gasteiger partial charge in [-0.3, -0.25) is 24.2 Å². The number of rotatable bonds is 17. The molecular weight excluding hydrogens is 532 g/mol. The van der Waals surface area contributed by atoms with Crippen LogP contribution in [0.2, 0.25) is 0 Å². The molecule has 0 spiro atoms. The maximum atomic E-state index is 13.2. The van der Waals surface area contributed by atoms with E-state index in [-0.39, 0.29) is 49.7 Å². The van der Waals surface area contributed by atoms with Gasteiger partial charge < -0.3 is 49.1 Å². The van der Waals surface area contributed by atoms with Gasteiger partial charge in [0, 0.05) is 25.1 Å². The van der Waals surface area contributed by atoms with Gasteiger partial charge in [0.1, 0.15) is 23.9 Å². The van der Waals surface area contributed by atoms with Crippen molar-refractivity contribution in [1.29, 1.82) is 0 Å². The topological polar surface area (TPSA) is 278 Å². The zero-order chi connectivity index (χ0) is 29.5. The summed E-state index contributed by atoms with van der Waals surface area (Å²) in [6.45, 7) is 0.243. The number of amides is 4. The second-order valence-corrected chi connectivity index (χ2v) is 9.00. The van der Waals surface area contributed by atoms with Crippen molar-refractivity contribution in [3.63, 3.8) is 0 Å². The summed E-state index contributed by atoms with van der Waals surface area (Å²) in [5.41, 5.74) is 22.2. The molecule has 1 aromatic rings. The number of guanidine groups is 1. The van der Waals surface area contributed by atoms with E-state index in [2.05, 4.69) is 33.6 Å². The van der Waals surface area contributed by atoms with Crippen LogP contribution in [0, 0.1) is 0 Å². The number of carboxylic acids is 1. The Kier molecular flexibility index (Phi) is 14.1. The number of nitrogens with two attached hydrogens (primary N) is 4. The van der Waals surface area contributed by atoms with Crippen LogP contribution in [0.1, 0.15) is 31.2 Å². The number of carbonyl (C=O) groups is 5. The van der Waals surface area contributed by atoms with Gasteiger partial charge in [-0.1, -0.05) is 12.1 Å². The Hall–Kier alpha value is -4.05. The number of benzene rings is 1. The third kappa shape index (κ3) is 12.8. The van der Waals surface area contributed by atoms with Crippen molar-refractivity contribution in [3.8, 4) is 5.75 Å². The van der Waals surface area contributed by atoms with E-state index in [9.17, 15) is 34.2 Å². The lowest BCUT2D eigenvalue weighted by Crippen LogP contribution is -2.58. The number of nitrogens with one attached hydrogen (secondary N) is 3. The number of carboxylic acid groups (broad SMARTS) is 1. The van der Waals surface area contributed by atoms with Gasteiger partial charge in [0.05, 0.1) is 6.04 Å². The maximum absolute atomic E-state index is 13.2. The summed E-state index contributed by atoms with van der Waals surface area (Å²) in [6.07, 6.45) is 0.0507. The molecule has 0 heterocycles. The van der Waals surface area contributed by atoms with Gasteiger partial charge in [-0.05, 0) is 37.0 Å². The molecule has 0 radical (unpaired) electrons. The number of thiol groups is 1. The van der Waals surface area contributed by atoms with Gasteiger partial charge in [0.15, 0.2) is 5.96 Å². The first kappa shape index (κ1) is 33.0. The molecule has 0 bridgehead atoms. The van der Waals surface area contributed by atoms with E-state index in [4.69, 9.17) is 22.9 Å². The minimum absolute atomic E-state index is 0.0198. The van der Waals surface area contributed by atoms with E-state index in [0.717, 1.165) is 0 Å². The SMILES string of the molecule is NC(=O)CCC(NC(=O)C(N)CCCN=C(N)N)C(=O)NC(Cc1ccc(O)cc1)C(=O)NC(CS)C(=O)O. The Labute approximate surface area is 230 Å². The molecule has 1 rings (SSSR count). The molecule has 0 fully saturated rings. The van der Waals surface area contributed by atoms with Gasteiger partial charge in [0.2, 0.25) is 23.6 Å². The molecule has 16 heteroatoms. The Morgan fingerprint density at radius 3 is 1.97 bits per heavy atom. The zero-order valence-corrected chi connectivity index (χ0v) is 22.1. The molecule has 13 N–H and O–H groups in total. The van der Waals surface area contributed by atoms with E-state index < -0.39 is 53.8 Å². The highest BCUT2D eigenvalue weighted by atomic mass is 32.1. The summed E-state index contributed by atoms with van der Waals surface area (Å²) in [6, 6.07) is 0.863. The molecule has 39 heavy (non-hydrogen) atoms. The van der Waals surface area contributed by atoms with Crippen molar-refractivity contribution < 1.29 is 34.2 Å². The number of aliphatic carboxylic acids is 1. The van der Waals surface area contributed by atoms with Crippen LogP contribution in [0.5, 0.6) is 5.75 Å². The highest BCUT2D eigenvalue weighted by Gasteiger charge is 2.30. The first-order valence-electron chi connectivity index (χ1n) is 12.0. The lowest BCUT2D eigenvalue weighted by atomic mass is 10.0. The number of nitrogens with zero attached hydrogens (tertiary/aromatic N) is 1. The molecule has 4 atom stereocenters. The van der Waals surface area contributed by atoms with E-state index in [1.165, 1.54) is 24.3 Å². The van der Waals surface area contributed by atoms with Gasteiger partial charge >= 0.3 is 5.97 Å². The minimum atomic E-state index is -1.33. The summed E-state index contributed by atoms with van der Waals surface area (Å²) in [7, 11) is 0. The number of primary amides is 1. The van der Waals surface area contributed by atoms with Crippen LogP contribution in [0.15, 0.2) is 29.3 Å². The molecule has 4 amide bonds. The monoisotopic (exact) mass is 568 g/mol. The fourth-order valence-electron chi connectivity index (χ4n) is 3.29. The van der Waals surface area contributed by atoms with Crippen molar-refractivity contribution >= 4 is 48.2 Å². The van der Waals surface area contributed by atoms with Crippen molar-refractivity contribution in [2.45, 2.75) is 56.3 Å².